The Morgan fingerprint density at radius 3 is 2.48 bits per heavy atom. The average Bonchev–Trinajstić information content (AvgIpc) is 2.47. The minimum Gasteiger partial charge on any atom is -0.487 e. The van der Waals surface area contributed by atoms with Crippen molar-refractivity contribution in [3.05, 3.63) is 64.7 Å². The highest BCUT2D eigenvalue weighted by atomic mass is 35.5. The van der Waals surface area contributed by atoms with Crippen LogP contribution in [0.1, 0.15) is 24.1 Å². The zero-order valence-electron chi connectivity index (χ0n) is 11.5. The van der Waals surface area contributed by atoms with Gasteiger partial charge in [0.15, 0.2) is 6.61 Å². The smallest absolute Gasteiger partial charge is 0.306 e. The highest BCUT2D eigenvalue weighted by Gasteiger charge is 2.32. The van der Waals surface area contributed by atoms with E-state index in [0.717, 1.165) is 0 Å². The standard InChI is InChI=1S/C16H16ClF2NO/c1-11(20)14-9-13(17)7-8-15(14)21-10-16(18,19)12-5-3-2-4-6-12/h2-9,11H,10,20H2,1H3. The molecule has 2 rings (SSSR count). The zero-order chi connectivity index (χ0) is 15.5. The molecule has 0 spiro atoms. The summed E-state index contributed by atoms with van der Waals surface area (Å²) in [5, 5.41) is 0.490. The van der Waals surface area contributed by atoms with Crippen LogP contribution < -0.4 is 10.5 Å². The van der Waals surface area contributed by atoms with Gasteiger partial charge in [0, 0.05) is 22.2 Å². The van der Waals surface area contributed by atoms with Crippen molar-refractivity contribution in [3.8, 4) is 5.75 Å². The van der Waals surface area contributed by atoms with E-state index in [4.69, 9.17) is 22.1 Å². The third-order valence-corrected chi connectivity index (χ3v) is 3.30. The van der Waals surface area contributed by atoms with Gasteiger partial charge in [-0.2, -0.15) is 8.78 Å². The van der Waals surface area contributed by atoms with Crippen LogP contribution in [-0.4, -0.2) is 6.61 Å². The summed E-state index contributed by atoms with van der Waals surface area (Å²) in [5.41, 5.74) is 6.33. The minimum absolute atomic E-state index is 0.0821. The molecule has 0 saturated heterocycles. The fourth-order valence-corrected chi connectivity index (χ4v) is 2.12. The molecule has 2 N–H and O–H groups in total. The predicted octanol–water partition coefficient (Wildman–Crippen LogP) is 4.53. The number of halogens is 3. The maximum absolute atomic E-state index is 14.1. The number of nitrogens with two attached hydrogens (primary N) is 1. The van der Waals surface area contributed by atoms with Gasteiger partial charge in [-0.1, -0.05) is 41.9 Å². The highest BCUT2D eigenvalue weighted by Crippen LogP contribution is 2.32. The van der Waals surface area contributed by atoms with E-state index in [9.17, 15) is 8.78 Å². The zero-order valence-corrected chi connectivity index (χ0v) is 12.3. The summed E-state index contributed by atoms with van der Waals surface area (Å²) >= 11 is 5.89. The van der Waals surface area contributed by atoms with E-state index in [1.807, 2.05) is 0 Å². The molecule has 0 saturated carbocycles. The molecule has 0 aromatic heterocycles. The maximum Gasteiger partial charge on any atom is 0.306 e. The second kappa shape index (κ2) is 6.41. The lowest BCUT2D eigenvalue weighted by atomic mass is 10.1. The van der Waals surface area contributed by atoms with Crippen LogP contribution in [-0.2, 0) is 5.92 Å². The van der Waals surface area contributed by atoms with Crippen molar-refractivity contribution in [3.63, 3.8) is 0 Å². The Morgan fingerprint density at radius 2 is 1.86 bits per heavy atom. The number of alkyl halides is 2. The molecule has 0 bridgehead atoms. The van der Waals surface area contributed by atoms with Gasteiger partial charge in [-0.3, -0.25) is 0 Å². The fraction of sp³-hybridized carbons (Fsp3) is 0.250. The van der Waals surface area contributed by atoms with Gasteiger partial charge < -0.3 is 10.5 Å². The molecule has 0 radical (unpaired) electrons. The van der Waals surface area contributed by atoms with Gasteiger partial charge >= 0.3 is 5.92 Å². The van der Waals surface area contributed by atoms with Crippen LogP contribution in [0.15, 0.2) is 48.5 Å². The van der Waals surface area contributed by atoms with Crippen molar-refractivity contribution in [2.24, 2.45) is 5.73 Å². The van der Waals surface area contributed by atoms with Gasteiger partial charge in [-0.15, -0.1) is 0 Å². The van der Waals surface area contributed by atoms with Gasteiger partial charge in [0.1, 0.15) is 5.75 Å². The van der Waals surface area contributed by atoms with Gasteiger partial charge in [-0.25, -0.2) is 0 Å². The van der Waals surface area contributed by atoms with E-state index < -0.39 is 12.5 Å². The molecule has 0 aliphatic rings. The molecule has 0 aliphatic carbocycles. The second-order valence-corrected chi connectivity index (χ2v) is 5.27. The molecule has 5 heteroatoms. The summed E-state index contributed by atoms with van der Waals surface area (Å²) in [5.74, 6) is -2.75. The molecule has 112 valence electrons. The first-order chi connectivity index (χ1) is 9.90. The molecule has 2 aromatic rings. The third kappa shape index (κ3) is 3.93. The Balaban J connectivity index is 2.16. The minimum atomic E-state index is -3.07. The lowest BCUT2D eigenvalue weighted by molar-refractivity contribution is -0.0469. The lowest BCUT2D eigenvalue weighted by Crippen LogP contribution is -2.23. The largest absolute Gasteiger partial charge is 0.487 e. The Bertz CT molecular complexity index is 602. The van der Waals surface area contributed by atoms with Crippen LogP contribution in [0.3, 0.4) is 0 Å². The van der Waals surface area contributed by atoms with Crippen LogP contribution in [0, 0.1) is 0 Å². The Hall–Kier alpha value is -1.65. The monoisotopic (exact) mass is 311 g/mol. The third-order valence-electron chi connectivity index (χ3n) is 3.07. The average molecular weight is 312 g/mol. The predicted molar refractivity (Wildman–Crippen MR) is 79.9 cm³/mol. The Labute approximate surface area is 127 Å². The fourth-order valence-electron chi connectivity index (χ4n) is 1.94. The van der Waals surface area contributed by atoms with Crippen LogP contribution in [0.5, 0.6) is 5.75 Å². The Kier molecular flexibility index (Phi) is 4.80. The topological polar surface area (TPSA) is 35.2 Å². The molecule has 0 heterocycles. The number of hydrogen-bond acceptors (Lipinski definition) is 2. The quantitative estimate of drug-likeness (QED) is 0.880. The molecule has 0 amide bonds. The van der Waals surface area contributed by atoms with Gasteiger partial charge in [0.05, 0.1) is 0 Å². The summed E-state index contributed by atoms with van der Waals surface area (Å²) in [6, 6.07) is 12.0. The summed E-state index contributed by atoms with van der Waals surface area (Å²) in [6.45, 7) is 0.992. The molecule has 2 nitrogen and oxygen atoms in total. The van der Waals surface area contributed by atoms with E-state index in [1.165, 1.54) is 12.1 Å². The normalized spacial score (nSPS) is 13.0. The summed E-state index contributed by atoms with van der Waals surface area (Å²) < 4.78 is 33.4. The van der Waals surface area contributed by atoms with Crippen molar-refractivity contribution < 1.29 is 13.5 Å². The first-order valence-corrected chi connectivity index (χ1v) is 6.89. The van der Waals surface area contributed by atoms with Gasteiger partial charge in [0.2, 0.25) is 0 Å². The molecule has 0 aliphatic heterocycles. The van der Waals surface area contributed by atoms with Crippen molar-refractivity contribution >= 4 is 11.6 Å². The number of rotatable bonds is 5. The van der Waals surface area contributed by atoms with E-state index in [1.54, 1.807) is 43.3 Å². The number of ether oxygens (including phenoxy) is 1. The first kappa shape index (κ1) is 15.7. The highest BCUT2D eigenvalue weighted by molar-refractivity contribution is 6.30. The second-order valence-electron chi connectivity index (χ2n) is 4.83. The van der Waals surface area contributed by atoms with Crippen molar-refractivity contribution in [1.29, 1.82) is 0 Å². The SMILES string of the molecule is CC(N)c1cc(Cl)ccc1OCC(F)(F)c1ccccc1. The van der Waals surface area contributed by atoms with Gasteiger partial charge in [-0.05, 0) is 25.1 Å². The number of hydrogen-bond donors (Lipinski definition) is 1. The first-order valence-electron chi connectivity index (χ1n) is 6.51. The summed E-state index contributed by atoms with van der Waals surface area (Å²) in [6.07, 6.45) is 0. The van der Waals surface area contributed by atoms with E-state index >= 15 is 0 Å². The van der Waals surface area contributed by atoms with Crippen LogP contribution >= 0.6 is 11.6 Å². The molecule has 0 fully saturated rings. The van der Waals surface area contributed by atoms with Crippen LogP contribution in [0.2, 0.25) is 5.02 Å². The lowest BCUT2D eigenvalue weighted by Gasteiger charge is -2.20. The molecule has 1 unspecified atom stereocenters. The Morgan fingerprint density at radius 1 is 1.19 bits per heavy atom. The molecular weight excluding hydrogens is 296 g/mol. The van der Waals surface area contributed by atoms with Crippen molar-refractivity contribution in [2.45, 2.75) is 18.9 Å². The summed E-state index contributed by atoms with van der Waals surface area (Å²) in [7, 11) is 0. The van der Waals surface area contributed by atoms with Crippen molar-refractivity contribution in [2.75, 3.05) is 6.61 Å². The molecule has 2 aromatic carbocycles. The van der Waals surface area contributed by atoms with Crippen molar-refractivity contribution in [1.82, 2.24) is 0 Å². The maximum atomic E-state index is 14.1. The summed E-state index contributed by atoms with van der Waals surface area (Å²) in [4.78, 5) is 0. The van der Waals surface area contributed by atoms with E-state index in [2.05, 4.69) is 0 Å². The van der Waals surface area contributed by atoms with Gasteiger partial charge in [0.25, 0.3) is 0 Å². The van der Waals surface area contributed by atoms with Crippen LogP contribution in [0.4, 0.5) is 8.78 Å². The molecule has 1 atom stereocenters. The van der Waals surface area contributed by atoms with E-state index in [0.29, 0.717) is 16.3 Å². The van der Waals surface area contributed by atoms with Crippen LogP contribution in [0.25, 0.3) is 0 Å². The molecule has 21 heavy (non-hydrogen) atoms. The molecular formula is C16H16ClF2NO. The van der Waals surface area contributed by atoms with E-state index in [-0.39, 0.29) is 11.6 Å². The number of benzene rings is 2.